The monoisotopic (exact) mass is 497 g/mol. The minimum absolute atomic E-state index is 0.804. The van der Waals surface area contributed by atoms with E-state index in [9.17, 15) is 0 Å². The average Bonchev–Trinajstić information content (AvgIpc) is 3.22. The number of hydrogen-bond acceptors (Lipinski definition) is 0. The van der Waals surface area contributed by atoms with Crippen molar-refractivity contribution in [3.05, 3.63) is 126 Å². The van der Waals surface area contributed by atoms with E-state index in [0.29, 0.717) is 0 Å². The van der Waals surface area contributed by atoms with E-state index in [1.807, 2.05) is 6.07 Å². The van der Waals surface area contributed by atoms with Crippen LogP contribution in [-0.2, 0) is 13.5 Å². The van der Waals surface area contributed by atoms with E-state index < -0.39 is 7.26 Å². The Kier molecular flexibility index (Phi) is 7.37. The van der Waals surface area contributed by atoms with Crippen molar-refractivity contribution in [3.8, 4) is 0 Å². The summed E-state index contributed by atoms with van der Waals surface area (Å²) in [6.07, 6.45) is 5.96. The second-order valence-corrected chi connectivity index (χ2v) is 13.9. The zero-order chi connectivity index (χ0) is 24.1. The Morgan fingerprint density at radius 3 is 1.71 bits per heavy atom. The van der Waals surface area contributed by atoms with Gasteiger partial charge in [-0.05, 0) is 0 Å². The normalized spacial score (nSPS) is 12.2. The number of aryl methyl sites for hydroxylation is 2. The molecule has 5 aromatic rings. The first-order chi connectivity index (χ1) is 17.2. The van der Waals surface area contributed by atoms with E-state index in [1.165, 1.54) is 57.9 Å². The van der Waals surface area contributed by atoms with Crippen molar-refractivity contribution in [3.63, 3.8) is 0 Å². The van der Waals surface area contributed by atoms with Gasteiger partial charge < -0.3 is 0 Å². The second-order valence-electron chi connectivity index (χ2n) is 9.46. The standard InChI is InChI=1S/C32H33ClNP/c1-34-28(25-26-24-27(33)21-22-32(26)34)14-6-5-13-23-35(29-15-7-2-8-16-29,30-17-9-3-10-18-30)31-19-11-4-12-20-31/h2-4,7-12,15-22,24-25,35H,5-6,13-14,23H2,1H3. The maximum atomic E-state index is 6.21. The van der Waals surface area contributed by atoms with E-state index in [0.717, 1.165) is 11.4 Å². The predicted molar refractivity (Wildman–Crippen MR) is 157 cm³/mol. The van der Waals surface area contributed by atoms with Gasteiger partial charge in [0.2, 0.25) is 0 Å². The fraction of sp³-hybridized carbons (Fsp3) is 0.188. The van der Waals surface area contributed by atoms with E-state index >= 15 is 0 Å². The van der Waals surface area contributed by atoms with Crippen LogP contribution in [0.5, 0.6) is 0 Å². The SMILES string of the molecule is Cn1c(CCCCC[PH](c2ccccc2)(c2ccccc2)c2ccccc2)cc2cc(Cl)ccc21. The number of benzene rings is 4. The fourth-order valence-electron chi connectivity index (χ4n) is 5.59. The van der Waals surface area contributed by atoms with Crippen LogP contribution in [0.1, 0.15) is 25.0 Å². The molecule has 1 nitrogen and oxygen atoms in total. The Hall–Kier alpha value is -2.86. The van der Waals surface area contributed by atoms with Crippen molar-refractivity contribution in [2.24, 2.45) is 7.05 Å². The molecule has 0 fully saturated rings. The Labute approximate surface area is 214 Å². The van der Waals surface area contributed by atoms with Gasteiger partial charge >= 0.3 is 215 Å². The molecule has 0 saturated heterocycles. The number of fused-ring (bicyclic) bond motifs is 1. The summed E-state index contributed by atoms with van der Waals surface area (Å²) in [5, 5.41) is 6.55. The summed E-state index contributed by atoms with van der Waals surface area (Å²) >= 11 is 6.21. The molecule has 5 rings (SSSR count). The number of nitrogens with zero attached hydrogens (tertiary/aromatic N) is 1. The summed E-state index contributed by atoms with van der Waals surface area (Å²) in [4.78, 5) is 0. The Morgan fingerprint density at radius 1 is 0.629 bits per heavy atom. The van der Waals surface area contributed by atoms with Crippen molar-refractivity contribution >= 4 is 45.7 Å². The van der Waals surface area contributed by atoms with Crippen molar-refractivity contribution in [2.75, 3.05) is 6.16 Å². The Bertz CT molecular complexity index is 1280. The summed E-state index contributed by atoms with van der Waals surface area (Å²) in [6.45, 7) is 0. The first-order valence-electron chi connectivity index (χ1n) is 12.6. The van der Waals surface area contributed by atoms with Crippen LogP contribution in [0.3, 0.4) is 0 Å². The summed E-state index contributed by atoms with van der Waals surface area (Å²) in [7, 11) is 0.0537. The van der Waals surface area contributed by atoms with Crippen molar-refractivity contribution in [1.29, 1.82) is 0 Å². The molecular formula is C32H33ClNP. The number of aromatic nitrogens is 1. The van der Waals surface area contributed by atoms with Gasteiger partial charge in [0, 0.05) is 0 Å². The summed E-state index contributed by atoms with van der Waals surface area (Å²) in [5.41, 5.74) is 2.65. The van der Waals surface area contributed by atoms with Gasteiger partial charge in [0.15, 0.2) is 0 Å². The quantitative estimate of drug-likeness (QED) is 0.149. The topological polar surface area (TPSA) is 4.93 Å². The molecule has 0 amide bonds. The zero-order valence-corrected chi connectivity index (χ0v) is 22.1. The van der Waals surface area contributed by atoms with Crippen molar-refractivity contribution in [2.45, 2.75) is 25.7 Å². The van der Waals surface area contributed by atoms with Crippen molar-refractivity contribution < 1.29 is 0 Å². The molecule has 0 N–H and O–H groups in total. The molecule has 0 bridgehead atoms. The fourth-order valence-corrected chi connectivity index (χ4v) is 10.7. The van der Waals surface area contributed by atoms with E-state index in [2.05, 4.69) is 121 Å². The molecule has 0 atom stereocenters. The molecule has 0 aliphatic carbocycles. The number of unbranched alkanes of at least 4 members (excludes halogenated alkanes) is 2. The Morgan fingerprint density at radius 2 is 1.17 bits per heavy atom. The predicted octanol–water partition coefficient (Wildman–Crippen LogP) is 7.27. The van der Waals surface area contributed by atoms with Crippen LogP contribution in [0.2, 0.25) is 5.02 Å². The molecule has 0 aliphatic rings. The summed E-state index contributed by atoms with van der Waals surface area (Å²) in [6, 6.07) is 42.2. The molecule has 0 saturated carbocycles. The summed E-state index contributed by atoms with van der Waals surface area (Å²) < 4.78 is 2.32. The Balaban J connectivity index is 1.38. The van der Waals surface area contributed by atoms with Gasteiger partial charge in [-0.15, -0.1) is 0 Å². The van der Waals surface area contributed by atoms with Crippen LogP contribution in [0.15, 0.2) is 115 Å². The average molecular weight is 498 g/mol. The van der Waals surface area contributed by atoms with Gasteiger partial charge in [0.1, 0.15) is 0 Å². The molecule has 1 heterocycles. The van der Waals surface area contributed by atoms with E-state index in [1.54, 1.807) is 0 Å². The molecule has 0 radical (unpaired) electrons. The maximum absolute atomic E-state index is 6.21. The van der Waals surface area contributed by atoms with Gasteiger partial charge in [0.25, 0.3) is 0 Å². The third-order valence-corrected chi connectivity index (χ3v) is 12.7. The van der Waals surface area contributed by atoms with Crippen LogP contribution in [0, 0.1) is 0 Å². The van der Waals surface area contributed by atoms with E-state index in [-0.39, 0.29) is 0 Å². The van der Waals surface area contributed by atoms with Gasteiger partial charge in [0.05, 0.1) is 0 Å². The van der Waals surface area contributed by atoms with Gasteiger partial charge in [-0.2, -0.15) is 0 Å². The van der Waals surface area contributed by atoms with E-state index in [4.69, 9.17) is 11.6 Å². The first-order valence-corrected chi connectivity index (χ1v) is 15.2. The zero-order valence-electron chi connectivity index (χ0n) is 20.3. The molecule has 4 aromatic carbocycles. The molecule has 1 aromatic heterocycles. The van der Waals surface area contributed by atoms with Crippen molar-refractivity contribution in [1.82, 2.24) is 4.57 Å². The third kappa shape index (κ3) is 4.94. The van der Waals surface area contributed by atoms with Crippen LogP contribution in [0.4, 0.5) is 0 Å². The molecule has 178 valence electrons. The number of hydrogen-bond donors (Lipinski definition) is 0. The third-order valence-electron chi connectivity index (χ3n) is 7.39. The second kappa shape index (κ2) is 10.8. The van der Waals surface area contributed by atoms with Gasteiger partial charge in [-0.1, -0.05) is 0 Å². The van der Waals surface area contributed by atoms with Gasteiger partial charge in [-0.3, -0.25) is 0 Å². The molecule has 0 spiro atoms. The van der Waals surface area contributed by atoms with Crippen LogP contribution in [-0.4, -0.2) is 10.7 Å². The van der Waals surface area contributed by atoms with Crippen LogP contribution >= 0.6 is 18.9 Å². The van der Waals surface area contributed by atoms with Gasteiger partial charge in [-0.25, -0.2) is 0 Å². The number of rotatable bonds is 9. The number of halogens is 1. The molecular weight excluding hydrogens is 465 g/mol. The molecule has 35 heavy (non-hydrogen) atoms. The summed E-state index contributed by atoms with van der Waals surface area (Å²) in [5.74, 6) is 0. The molecule has 0 unspecified atom stereocenters. The molecule has 0 aliphatic heterocycles. The van der Waals surface area contributed by atoms with Crippen LogP contribution in [0.25, 0.3) is 10.9 Å². The molecule has 3 heteroatoms. The van der Waals surface area contributed by atoms with Crippen LogP contribution < -0.4 is 15.9 Å². The first kappa shape index (κ1) is 23.9. The minimum atomic E-state index is -2.12.